The third-order valence-electron chi connectivity index (χ3n) is 4.04. The molecule has 1 aromatic rings. The quantitative estimate of drug-likeness (QED) is 0.674. The predicted octanol–water partition coefficient (Wildman–Crippen LogP) is 4.37. The highest BCUT2D eigenvalue weighted by atomic mass is 15.1. The highest BCUT2D eigenvalue weighted by Gasteiger charge is 2.09. The molecule has 0 heterocycles. The average Bonchev–Trinajstić information content (AvgIpc) is 2.46. The fourth-order valence-corrected chi connectivity index (χ4v) is 2.40. The average molecular weight is 276 g/mol. The molecule has 1 atom stereocenters. The maximum absolute atomic E-state index is 3.48. The van der Waals surface area contributed by atoms with Gasteiger partial charge in [-0.3, -0.25) is 0 Å². The third-order valence-corrected chi connectivity index (χ3v) is 4.04. The van der Waals surface area contributed by atoms with Crippen molar-refractivity contribution in [1.29, 1.82) is 0 Å². The van der Waals surface area contributed by atoms with E-state index in [0.29, 0.717) is 0 Å². The highest BCUT2D eigenvalue weighted by molar-refractivity contribution is 5.50. The van der Waals surface area contributed by atoms with Crippen molar-refractivity contribution < 1.29 is 0 Å². The van der Waals surface area contributed by atoms with Crippen LogP contribution in [0.1, 0.15) is 51.7 Å². The Hall–Kier alpha value is -1.02. The summed E-state index contributed by atoms with van der Waals surface area (Å²) < 4.78 is 0. The van der Waals surface area contributed by atoms with Gasteiger partial charge < -0.3 is 10.2 Å². The van der Waals surface area contributed by atoms with Gasteiger partial charge in [0.1, 0.15) is 0 Å². The van der Waals surface area contributed by atoms with E-state index in [4.69, 9.17) is 0 Å². The SMILES string of the molecule is CCCNCc1ccc(N(CC)CC(C)CC)cc1C. The second kappa shape index (κ2) is 9.02. The molecule has 0 radical (unpaired) electrons. The van der Waals surface area contributed by atoms with E-state index in [-0.39, 0.29) is 0 Å². The van der Waals surface area contributed by atoms with Crippen LogP contribution in [0, 0.1) is 12.8 Å². The van der Waals surface area contributed by atoms with Crippen molar-refractivity contribution in [2.24, 2.45) is 5.92 Å². The lowest BCUT2D eigenvalue weighted by Gasteiger charge is -2.27. The molecule has 1 rings (SSSR count). The van der Waals surface area contributed by atoms with Crippen LogP contribution in [0.4, 0.5) is 5.69 Å². The Bertz CT molecular complexity index is 387. The van der Waals surface area contributed by atoms with Crippen LogP contribution in [0.5, 0.6) is 0 Å². The summed E-state index contributed by atoms with van der Waals surface area (Å²) in [6.07, 6.45) is 2.43. The molecular weight excluding hydrogens is 244 g/mol. The Morgan fingerprint density at radius 3 is 2.50 bits per heavy atom. The minimum Gasteiger partial charge on any atom is -0.372 e. The number of nitrogens with zero attached hydrogens (tertiary/aromatic N) is 1. The van der Waals surface area contributed by atoms with Crippen LogP contribution in [-0.4, -0.2) is 19.6 Å². The molecule has 0 aliphatic rings. The molecule has 0 amide bonds. The molecule has 1 aromatic carbocycles. The van der Waals surface area contributed by atoms with E-state index in [1.807, 2.05) is 0 Å². The smallest absolute Gasteiger partial charge is 0.0369 e. The number of hydrogen-bond donors (Lipinski definition) is 1. The van der Waals surface area contributed by atoms with Crippen LogP contribution in [0.3, 0.4) is 0 Å². The summed E-state index contributed by atoms with van der Waals surface area (Å²) in [5.41, 5.74) is 4.18. The molecule has 20 heavy (non-hydrogen) atoms. The molecule has 0 saturated carbocycles. The lowest BCUT2D eigenvalue weighted by molar-refractivity contribution is 0.548. The largest absolute Gasteiger partial charge is 0.372 e. The van der Waals surface area contributed by atoms with E-state index in [0.717, 1.165) is 32.1 Å². The maximum atomic E-state index is 3.48. The first-order valence-electron chi connectivity index (χ1n) is 8.17. The van der Waals surface area contributed by atoms with Crippen LogP contribution in [0.2, 0.25) is 0 Å². The van der Waals surface area contributed by atoms with Crippen molar-refractivity contribution in [3.63, 3.8) is 0 Å². The van der Waals surface area contributed by atoms with Gasteiger partial charge in [0.2, 0.25) is 0 Å². The van der Waals surface area contributed by atoms with Crippen LogP contribution >= 0.6 is 0 Å². The van der Waals surface area contributed by atoms with Gasteiger partial charge >= 0.3 is 0 Å². The fourth-order valence-electron chi connectivity index (χ4n) is 2.40. The van der Waals surface area contributed by atoms with Gasteiger partial charge in [0.15, 0.2) is 0 Å². The Labute approximate surface area is 125 Å². The van der Waals surface area contributed by atoms with Gasteiger partial charge in [-0.15, -0.1) is 0 Å². The number of aryl methyl sites for hydroxylation is 1. The number of anilines is 1. The monoisotopic (exact) mass is 276 g/mol. The molecule has 0 spiro atoms. The highest BCUT2D eigenvalue weighted by Crippen LogP contribution is 2.21. The first kappa shape index (κ1) is 17.0. The Balaban J connectivity index is 2.73. The van der Waals surface area contributed by atoms with Gasteiger partial charge in [-0.1, -0.05) is 33.3 Å². The number of benzene rings is 1. The van der Waals surface area contributed by atoms with E-state index in [1.165, 1.54) is 29.7 Å². The van der Waals surface area contributed by atoms with Crippen LogP contribution in [-0.2, 0) is 6.54 Å². The summed E-state index contributed by atoms with van der Waals surface area (Å²) in [5.74, 6) is 0.751. The third kappa shape index (κ3) is 5.16. The molecule has 0 aliphatic heterocycles. The van der Waals surface area contributed by atoms with Crippen molar-refractivity contribution in [1.82, 2.24) is 5.32 Å². The summed E-state index contributed by atoms with van der Waals surface area (Å²) in [5, 5.41) is 3.48. The molecule has 114 valence electrons. The zero-order chi connectivity index (χ0) is 15.0. The molecule has 0 fully saturated rings. The first-order valence-corrected chi connectivity index (χ1v) is 8.17. The fraction of sp³-hybridized carbons (Fsp3) is 0.667. The zero-order valence-corrected chi connectivity index (χ0v) is 14.0. The van der Waals surface area contributed by atoms with Gasteiger partial charge in [0.05, 0.1) is 0 Å². The molecule has 0 aliphatic carbocycles. The van der Waals surface area contributed by atoms with Gasteiger partial charge in [0.25, 0.3) is 0 Å². The Morgan fingerprint density at radius 1 is 1.20 bits per heavy atom. The molecule has 2 nitrogen and oxygen atoms in total. The van der Waals surface area contributed by atoms with Gasteiger partial charge in [-0.05, 0) is 56.0 Å². The zero-order valence-electron chi connectivity index (χ0n) is 14.0. The van der Waals surface area contributed by atoms with E-state index in [9.17, 15) is 0 Å². The topological polar surface area (TPSA) is 15.3 Å². The van der Waals surface area contributed by atoms with E-state index < -0.39 is 0 Å². The number of rotatable bonds is 9. The van der Waals surface area contributed by atoms with Gasteiger partial charge in [-0.2, -0.15) is 0 Å². The summed E-state index contributed by atoms with van der Waals surface area (Å²) in [7, 11) is 0. The van der Waals surface area contributed by atoms with Crippen molar-refractivity contribution in [3.05, 3.63) is 29.3 Å². The van der Waals surface area contributed by atoms with E-state index in [2.05, 4.69) is 63.0 Å². The normalized spacial score (nSPS) is 12.4. The van der Waals surface area contributed by atoms with Crippen molar-refractivity contribution >= 4 is 5.69 Å². The molecule has 0 bridgehead atoms. The van der Waals surface area contributed by atoms with Crippen molar-refractivity contribution in [3.8, 4) is 0 Å². The number of hydrogen-bond acceptors (Lipinski definition) is 2. The molecule has 0 saturated heterocycles. The predicted molar refractivity (Wildman–Crippen MR) is 90.5 cm³/mol. The van der Waals surface area contributed by atoms with E-state index in [1.54, 1.807) is 0 Å². The van der Waals surface area contributed by atoms with E-state index >= 15 is 0 Å². The van der Waals surface area contributed by atoms with Gasteiger partial charge in [0, 0.05) is 25.3 Å². The van der Waals surface area contributed by atoms with Crippen LogP contribution in [0.25, 0.3) is 0 Å². The maximum Gasteiger partial charge on any atom is 0.0369 e. The van der Waals surface area contributed by atoms with Crippen molar-refractivity contribution in [2.45, 2.75) is 54.0 Å². The minimum atomic E-state index is 0.751. The second-order valence-corrected chi connectivity index (χ2v) is 5.84. The Morgan fingerprint density at radius 2 is 1.95 bits per heavy atom. The molecule has 1 N–H and O–H groups in total. The Kier molecular flexibility index (Phi) is 7.68. The molecular formula is C18H32N2. The molecule has 2 heteroatoms. The lowest BCUT2D eigenvalue weighted by atomic mass is 10.1. The summed E-state index contributed by atoms with van der Waals surface area (Å²) in [6, 6.07) is 6.91. The molecule has 1 unspecified atom stereocenters. The van der Waals surface area contributed by atoms with Crippen molar-refractivity contribution in [2.75, 3.05) is 24.5 Å². The number of nitrogens with one attached hydrogen (secondary N) is 1. The minimum absolute atomic E-state index is 0.751. The molecule has 0 aromatic heterocycles. The van der Waals surface area contributed by atoms with Gasteiger partial charge in [-0.25, -0.2) is 0 Å². The standard InChI is InChI=1S/C18H32N2/c1-6-11-19-13-17-9-10-18(12-16(17)5)20(8-3)14-15(4)7-2/h9-10,12,15,19H,6-8,11,13-14H2,1-5H3. The first-order chi connectivity index (χ1) is 9.62. The summed E-state index contributed by atoms with van der Waals surface area (Å²) in [4.78, 5) is 2.49. The summed E-state index contributed by atoms with van der Waals surface area (Å²) in [6.45, 7) is 15.6. The summed E-state index contributed by atoms with van der Waals surface area (Å²) >= 11 is 0. The van der Waals surface area contributed by atoms with Crippen LogP contribution < -0.4 is 10.2 Å². The second-order valence-electron chi connectivity index (χ2n) is 5.84. The van der Waals surface area contributed by atoms with Crippen LogP contribution in [0.15, 0.2) is 18.2 Å². The lowest BCUT2D eigenvalue weighted by Crippen LogP contribution is -2.28.